The number of sulfonamides is 1. The Hall–Kier alpha value is -0.380. The smallest absolute Gasteiger partial charge is 0.329 e. The Morgan fingerprint density at radius 1 is 1.25 bits per heavy atom. The molecule has 0 spiro atoms. The first-order valence-electron chi connectivity index (χ1n) is 6.71. The summed E-state index contributed by atoms with van der Waals surface area (Å²) in [5, 5.41) is 0. The van der Waals surface area contributed by atoms with Crippen LogP contribution < -0.4 is 10.5 Å². The Labute approximate surface area is 117 Å². The van der Waals surface area contributed by atoms with Crippen molar-refractivity contribution < 1.29 is 21.6 Å². The number of nitrogens with two attached hydrogens (primary N) is 1. The molecule has 0 radical (unpaired) electrons. The van der Waals surface area contributed by atoms with E-state index in [0.717, 1.165) is 19.6 Å². The zero-order chi connectivity index (χ0) is 15.2. The molecule has 0 atom stereocenters. The predicted octanol–water partition coefficient (Wildman–Crippen LogP) is 0.671. The summed E-state index contributed by atoms with van der Waals surface area (Å²) < 4.78 is 61.8. The minimum atomic E-state index is -4.30. The van der Waals surface area contributed by atoms with Crippen LogP contribution in [0.4, 0.5) is 13.2 Å². The van der Waals surface area contributed by atoms with Crippen molar-refractivity contribution in [2.75, 3.05) is 31.9 Å². The Morgan fingerprint density at radius 3 is 2.35 bits per heavy atom. The van der Waals surface area contributed by atoms with Crippen LogP contribution in [0.2, 0.25) is 0 Å². The van der Waals surface area contributed by atoms with E-state index in [4.69, 9.17) is 5.73 Å². The number of hydrogen-bond donors (Lipinski definition) is 2. The molecule has 1 saturated heterocycles. The van der Waals surface area contributed by atoms with Gasteiger partial charge in [-0.1, -0.05) is 0 Å². The maximum Gasteiger partial charge on any atom is 0.389 e. The van der Waals surface area contributed by atoms with E-state index in [0.29, 0.717) is 19.4 Å². The second-order valence-corrected chi connectivity index (χ2v) is 6.93. The lowest BCUT2D eigenvalue weighted by atomic mass is 10.1. The topological polar surface area (TPSA) is 75.4 Å². The fourth-order valence-corrected chi connectivity index (χ4v) is 3.62. The van der Waals surface area contributed by atoms with Crippen LogP contribution in [0.1, 0.15) is 25.7 Å². The van der Waals surface area contributed by atoms with Gasteiger partial charge in [0.05, 0.1) is 5.75 Å². The van der Waals surface area contributed by atoms with E-state index in [1.54, 1.807) is 0 Å². The van der Waals surface area contributed by atoms with Crippen LogP contribution in [0.15, 0.2) is 0 Å². The summed E-state index contributed by atoms with van der Waals surface area (Å²) in [5.41, 5.74) is 5.44. The van der Waals surface area contributed by atoms with Crippen LogP contribution >= 0.6 is 0 Å². The molecule has 20 heavy (non-hydrogen) atoms. The highest BCUT2D eigenvalue weighted by Gasteiger charge is 2.28. The van der Waals surface area contributed by atoms with Gasteiger partial charge in [0.15, 0.2) is 0 Å². The molecule has 0 amide bonds. The molecule has 3 N–H and O–H groups in total. The summed E-state index contributed by atoms with van der Waals surface area (Å²) in [6.07, 6.45) is -4.44. The number of halogens is 3. The van der Waals surface area contributed by atoms with Crippen LogP contribution in [0.25, 0.3) is 0 Å². The second-order valence-electron chi connectivity index (χ2n) is 5.06. The van der Waals surface area contributed by atoms with Crippen LogP contribution in [0.3, 0.4) is 0 Å². The van der Waals surface area contributed by atoms with Crippen molar-refractivity contribution in [2.24, 2.45) is 5.73 Å². The number of likely N-dealkylation sites (tertiary alicyclic amines) is 1. The fraction of sp³-hybridized carbons (Fsp3) is 1.00. The Balaban J connectivity index is 2.29. The van der Waals surface area contributed by atoms with Gasteiger partial charge in [-0.3, -0.25) is 0 Å². The highest BCUT2D eigenvalue weighted by molar-refractivity contribution is 7.89. The average molecular weight is 317 g/mol. The van der Waals surface area contributed by atoms with Gasteiger partial charge in [-0.2, -0.15) is 13.2 Å². The largest absolute Gasteiger partial charge is 0.389 e. The summed E-state index contributed by atoms with van der Waals surface area (Å²) >= 11 is 0. The van der Waals surface area contributed by atoms with Crippen LogP contribution in [-0.4, -0.2) is 57.5 Å². The first-order valence-corrected chi connectivity index (χ1v) is 8.36. The monoisotopic (exact) mass is 317 g/mol. The van der Waals surface area contributed by atoms with E-state index in [9.17, 15) is 21.6 Å². The van der Waals surface area contributed by atoms with E-state index in [-0.39, 0.29) is 6.04 Å². The van der Waals surface area contributed by atoms with E-state index < -0.39 is 34.8 Å². The number of alkyl halides is 3. The maximum absolute atomic E-state index is 12.0. The van der Waals surface area contributed by atoms with Gasteiger partial charge >= 0.3 is 6.18 Å². The molecule has 0 aromatic rings. The molecule has 0 saturated carbocycles. The number of rotatable bonds is 7. The lowest BCUT2D eigenvalue weighted by Crippen LogP contribution is -2.46. The van der Waals surface area contributed by atoms with Gasteiger partial charge < -0.3 is 10.6 Å². The molecule has 120 valence electrons. The fourth-order valence-electron chi connectivity index (χ4n) is 2.23. The van der Waals surface area contributed by atoms with Gasteiger partial charge in [0.1, 0.15) is 0 Å². The zero-order valence-electron chi connectivity index (χ0n) is 11.3. The van der Waals surface area contributed by atoms with E-state index >= 15 is 0 Å². The van der Waals surface area contributed by atoms with Gasteiger partial charge in [0.25, 0.3) is 0 Å². The molecule has 5 nitrogen and oxygen atoms in total. The Morgan fingerprint density at radius 2 is 1.85 bits per heavy atom. The molecule has 1 aliphatic rings. The Kier molecular flexibility index (Phi) is 6.70. The Bertz CT molecular complexity index is 379. The zero-order valence-corrected chi connectivity index (χ0v) is 12.1. The van der Waals surface area contributed by atoms with E-state index in [2.05, 4.69) is 9.62 Å². The minimum Gasteiger partial charge on any atom is -0.329 e. The van der Waals surface area contributed by atoms with Crippen molar-refractivity contribution in [3.05, 3.63) is 0 Å². The van der Waals surface area contributed by atoms with Crippen molar-refractivity contribution in [3.63, 3.8) is 0 Å². The van der Waals surface area contributed by atoms with Crippen LogP contribution in [-0.2, 0) is 10.0 Å². The number of nitrogens with one attached hydrogen (secondary N) is 1. The third-order valence-electron chi connectivity index (χ3n) is 3.25. The third-order valence-corrected chi connectivity index (χ3v) is 4.77. The molecule has 0 bridgehead atoms. The van der Waals surface area contributed by atoms with Crippen molar-refractivity contribution in [1.29, 1.82) is 0 Å². The van der Waals surface area contributed by atoms with Gasteiger partial charge in [-0.25, -0.2) is 13.1 Å². The average Bonchev–Trinajstić information content (AvgIpc) is 2.29. The standard InChI is InChI=1S/C11H22F3N3O2S/c12-11(13,14)4-1-9-20(18,19)16-10-2-6-17(7-3-10)8-5-15/h10,16H,1-9,15H2. The molecule has 0 aliphatic carbocycles. The molecule has 1 fully saturated rings. The highest BCUT2D eigenvalue weighted by Crippen LogP contribution is 2.21. The molecular formula is C11H22F3N3O2S. The predicted molar refractivity (Wildman–Crippen MR) is 70.7 cm³/mol. The van der Waals surface area contributed by atoms with Crippen molar-refractivity contribution in [1.82, 2.24) is 9.62 Å². The van der Waals surface area contributed by atoms with Gasteiger partial charge in [-0.15, -0.1) is 0 Å². The lowest BCUT2D eigenvalue weighted by molar-refractivity contribution is -0.134. The third kappa shape index (κ3) is 7.41. The summed E-state index contributed by atoms with van der Waals surface area (Å²) in [5.74, 6) is -0.477. The highest BCUT2D eigenvalue weighted by atomic mass is 32.2. The summed E-state index contributed by atoms with van der Waals surface area (Å²) in [6, 6.07) is -0.181. The lowest BCUT2D eigenvalue weighted by Gasteiger charge is -2.31. The molecule has 0 aromatic carbocycles. The first-order chi connectivity index (χ1) is 9.22. The number of piperidine rings is 1. The van der Waals surface area contributed by atoms with E-state index in [1.807, 2.05) is 0 Å². The maximum atomic E-state index is 12.0. The van der Waals surface area contributed by atoms with Crippen LogP contribution in [0, 0.1) is 0 Å². The molecule has 0 aromatic heterocycles. The molecule has 1 rings (SSSR count). The van der Waals surface area contributed by atoms with Crippen LogP contribution in [0.5, 0.6) is 0 Å². The van der Waals surface area contributed by atoms with Gasteiger partial charge in [-0.05, 0) is 32.4 Å². The molecule has 1 heterocycles. The molecule has 1 aliphatic heterocycles. The number of nitrogens with zero attached hydrogens (tertiary/aromatic N) is 1. The SMILES string of the molecule is NCCN1CCC(NS(=O)(=O)CCCC(F)(F)F)CC1. The summed E-state index contributed by atoms with van der Waals surface area (Å²) in [4.78, 5) is 2.15. The van der Waals surface area contributed by atoms with Gasteiger partial charge in [0.2, 0.25) is 10.0 Å². The van der Waals surface area contributed by atoms with Crippen molar-refractivity contribution >= 4 is 10.0 Å². The quantitative estimate of drug-likeness (QED) is 0.724. The molecule has 9 heteroatoms. The summed E-state index contributed by atoms with van der Waals surface area (Å²) in [7, 11) is -3.63. The summed E-state index contributed by atoms with van der Waals surface area (Å²) in [6.45, 7) is 2.86. The first kappa shape index (κ1) is 17.7. The normalized spacial score (nSPS) is 19.4. The minimum absolute atomic E-state index is 0.181. The second kappa shape index (κ2) is 7.58. The van der Waals surface area contributed by atoms with Crippen molar-refractivity contribution in [2.45, 2.75) is 37.9 Å². The molecule has 0 unspecified atom stereocenters. The van der Waals surface area contributed by atoms with Gasteiger partial charge in [0, 0.05) is 25.6 Å². The van der Waals surface area contributed by atoms with Crippen molar-refractivity contribution in [3.8, 4) is 0 Å². The number of hydrogen-bond acceptors (Lipinski definition) is 4. The molecular weight excluding hydrogens is 295 g/mol. The van der Waals surface area contributed by atoms with E-state index in [1.165, 1.54) is 0 Å².